The van der Waals surface area contributed by atoms with E-state index in [1.807, 2.05) is 39.0 Å². The Bertz CT molecular complexity index is 494. The number of benzene rings is 1. The third-order valence-corrected chi connectivity index (χ3v) is 2.86. The molecule has 1 aromatic rings. The minimum atomic E-state index is -0.664. The molecule has 88 valence electrons. The topological polar surface area (TPSA) is 53.3 Å². The molecule has 0 N–H and O–H groups in total. The van der Waals surface area contributed by atoms with Crippen molar-refractivity contribution in [2.24, 2.45) is 0 Å². The molecule has 0 aliphatic carbocycles. The molecule has 1 aliphatic rings. The van der Waals surface area contributed by atoms with Gasteiger partial charge in [-0.15, -0.1) is 0 Å². The highest BCUT2D eigenvalue weighted by Gasteiger charge is 2.33. The number of hydrogen-bond donors (Lipinski definition) is 0. The van der Waals surface area contributed by atoms with Crippen molar-refractivity contribution in [3.8, 4) is 6.07 Å². The Morgan fingerprint density at radius 3 is 2.41 bits per heavy atom. The summed E-state index contributed by atoms with van der Waals surface area (Å²) >= 11 is 0. The molecule has 17 heavy (non-hydrogen) atoms. The number of amides is 1. The van der Waals surface area contributed by atoms with Crippen LogP contribution in [0.5, 0.6) is 0 Å². The lowest BCUT2D eigenvalue weighted by Gasteiger charge is -2.19. The van der Waals surface area contributed by atoms with Crippen molar-refractivity contribution < 1.29 is 9.53 Å². The van der Waals surface area contributed by atoms with Crippen LogP contribution in [0.25, 0.3) is 0 Å². The Hall–Kier alpha value is -2.02. The molecule has 1 aromatic carbocycles. The summed E-state index contributed by atoms with van der Waals surface area (Å²) in [6, 6.07) is 6.01. The van der Waals surface area contributed by atoms with E-state index >= 15 is 0 Å². The standard InChI is InChI=1S/C13H14N2O2/c1-8-4-9(2)12(10(3)5-8)15-7-11(6-14)17-13(15)16/h4-5,11H,7H2,1-3H3. The molecular formula is C13H14N2O2. The van der Waals surface area contributed by atoms with Gasteiger partial charge in [-0.05, 0) is 31.9 Å². The van der Waals surface area contributed by atoms with Gasteiger partial charge < -0.3 is 4.74 Å². The van der Waals surface area contributed by atoms with Crippen LogP contribution in [0, 0.1) is 32.1 Å². The van der Waals surface area contributed by atoms with Crippen LogP contribution in [0.15, 0.2) is 12.1 Å². The van der Waals surface area contributed by atoms with Crippen LogP contribution in [-0.2, 0) is 4.74 Å². The SMILES string of the molecule is Cc1cc(C)c(N2CC(C#N)OC2=O)c(C)c1. The minimum Gasteiger partial charge on any atom is -0.428 e. The van der Waals surface area contributed by atoms with E-state index in [0.29, 0.717) is 6.54 Å². The lowest BCUT2D eigenvalue weighted by Crippen LogP contribution is -2.26. The summed E-state index contributed by atoms with van der Waals surface area (Å²) in [5.74, 6) is 0. The van der Waals surface area contributed by atoms with E-state index in [9.17, 15) is 4.79 Å². The molecule has 4 heteroatoms. The number of carbonyl (C=O) groups excluding carboxylic acids is 1. The highest BCUT2D eigenvalue weighted by atomic mass is 16.6. The number of aryl methyl sites for hydroxylation is 3. The monoisotopic (exact) mass is 230 g/mol. The minimum absolute atomic E-state index is 0.306. The Balaban J connectivity index is 2.42. The first-order valence-electron chi connectivity index (χ1n) is 5.48. The summed E-state index contributed by atoms with van der Waals surface area (Å²) in [6.45, 7) is 6.24. The fraction of sp³-hybridized carbons (Fsp3) is 0.385. The number of nitriles is 1. The Labute approximate surface area is 100 Å². The van der Waals surface area contributed by atoms with Gasteiger partial charge >= 0.3 is 6.09 Å². The summed E-state index contributed by atoms with van der Waals surface area (Å²) in [5, 5.41) is 8.78. The van der Waals surface area contributed by atoms with Crippen molar-refractivity contribution in [3.05, 3.63) is 28.8 Å². The van der Waals surface area contributed by atoms with Crippen molar-refractivity contribution in [3.63, 3.8) is 0 Å². The zero-order valence-electron chi connectivity index (χ0n) is 10.2. The molecule has 4 nitrogen and oxygen atoms in total. The Morgan fingerprint density at radius 1 is 1.35 bits per heavy atom. The second-order valence-electron chi connectivity index (χ2n) is 4.36. The number of carbonyl (C=O) groups is 1. The van der Waals surface area contributed by atoms with Gasteiger partial charge in [0.1, 0.15) is 6.07 Å². The second-order valence-corrected chi connectivity index (χ2v) is 4.36. The zero-order valence-corrected chi connectivity index (χ0v) is 10.2. The van der Waals surface area contributed by atoms with Crippen molar-refractivity contribution in [2.75, 3.05) is 11.4 Å². The summed E-state index contributed by atoms with van der Waals surface area (Å²) in [4.78, 5) is 13.2. The first-order chi connectivity index (χ1) is 8.02. The van der Waals surface area contributed by atoms with Crippen molar-refractivity contribution >= 4 is 11.8 Å². The van der Waals surface area contributed by atoms with Gasteiger partial charge in [0.15, 0.2) is 0 Å². The number of hydrogen-bond acceptors (Lipinski definition) is 3. The molecular weight excluding hydrogens is 216 g/mol. The lowest BCUT2D eigenvalue weighted by molar-refractivity contribution is 0.162. The predicted octanol–water partition coefficient (Wildman–Crippen LogP) is 2.46. The van der Waals surface area contributed by atoms with Gasteiger partial charge in [-0.3, -0.25) is 4.90 Å². The maximum atomic E-state index is 11.7. The quantitative estimate of drug-likeness (QED) is 0.744. The molecule has 1 aliphatic heterocycles. The van der Waals surface area contributed by atoms with E-state index in [1.54, 1.807) is 0 Å². The molecule has 1 fully saturated rings. The molecule has 0 spiro atoms. The summed E-state index contributed by atoms with van der Waals surface area (Å²) in [7, 11) is 0. The average molecular weight is 230 g/mol. The molecule has 2 rings (SSSR count). The number of cyclic esters (lactones) is 1. The number of anilines is 1. The largest absolute Gasteiger partial charge is 0.428 e. The number of rotatable bonds is 1. The van der Waals surface area contributed by atoms with E-state index in [2.05, 4.69) is 0 Å². The van der Waals surface area contributed by atoms with Gasteiger partial charge in [-0.2, -0.15) is 5.26 Å². The van der Waals surface area contributed by atoms with Gasteiger partial charge in [0.2, 0.25) is 6.10 Å². The van der Waals surface area contributed by atoms with E-state index < -0.39 is 12.2 Å². The van der Waals surface area contributed by atoms with Gasteiger partial charge in [0.05, 0.1) is 12.2 Å². The Morgan fingerprint density at radius 2 is 1.94 bits per heavy atom. The highest BCUT2D eigenvalue weighted by Crippen LogP contribution is 2.29. The third kappa shape index (κ3) is 1.96. The molecule has 0 bridgehead atoms. The maximum Gasteiger partial charge on any atom is 0.415 e. The van der Waals surface area contributed by atoms with Gasteiger partial charge in [0, 0.05) is 0 Å². The van der Waals surface area contributed by atoms with Gasteiger partial charge in [0.25, 0.3) is 0 Å². The second kappa shape index (κ2) is 4.10. The number of nitrogens with zero attached hydrogens (tertiary/aromatic N) is 2. The van der Waals surface area contributed by atoms with E-state index in [1.165, 1.54) is 4.90 Å². The molecule has 0 saturated carbocycles. The van der Waals surface area contributed by atoms with E-state index in [0.717, 1.165) is 22.4 Å². The number of ether oxygens (including phenoxy) is 1. The third-order valence-electron chi connectivity index (χ3n) is 2.86. The van der Waals surface area contributed by atoms with Crippen LogP contribution in [-0.4, -0.2) is 18.7 Å². The van der Waals surface area contributed by atoms with Gasteiger partial charge in [-0.25, -0.2) is 4.79 Å². The summed E-state index contributed by atoms with van der Waals surface area (Å²) < 4.78 is 4.94. The van der Waals surface area contributed by atoms with Crippen LogP contribution in [0.4, 0.5) is 10.5 Å². The maximum absolute atomic E-state index is 11.7. The van der Waals surface area contributed by atoms with Crippen molar-refractivity contribution in [2.45, 2.75) is 26.9 Å². The smallest absolute Gasteiger partial charge is 0.415 e. The highest BCUT2D eigenvalue weighted by molar-refractivity contribution is 5.92. The summed E-state index contributed by atoms with van der Waals surface area (Å²) in [5.41, 5.74) is 4.07. The predicted molar refractivity (Wildman–Crippen MR) is 63.9 cm³/mol. The average Bonchev–Trinajstić information content (AvgIpc) is 2.59. The van der Waals surface area contributed by atoms with Crippen molar-refractivity contribution in [1.82, 2.24) is 0 Å². The van der Waals surface area contributed by atoms with Crippen LogP contribution >= 0.6 is 0 Å². The molecule has 1 amide bonds. The molecule has 1 atom stereocenters. The van der Waals surface area contributed by atoms with Crippen LogP contribution in [0.3, 0.4) is 0 Å². The normalized spacial score (nSPS) is 19.1. The van der Waals surface area contributed by atoms with Crippen molar-refractivity contribution in [1.29, 1.82) is 5.26 Å². The Kier molecular flexibility index (Phi) is 2.76. The van der Waals surface area contributed by atoms with Crippen LogP contribution < -0.4 is 4.90 Å². The fourth-order valence-corrected chi connectivity index (χ4v) is 2.31. The van der Waals surface area contributed by atoms with E-state index in [4.69, 9.17) is 10.00 Å². The van der Waals surface area contributed by atoms with Gasteiger partial charge in [-0.1, -0.05) is 17.7 Å². The first-order valence-corrected chi connectivity index (χ1v) is 5.48. The van der Waals surface area contributed by atoms with Crippen LogP contribution in [0.2, 0.25) is 0 Å². The lowest BCUT2D eigenvalue weighted by atomic mass is 10.0. The van der Waals surface area contributed by atoms with Crippen LogP contribution in [0.1, 0.15) is 16.7 Å². The molecule has 0 aromatic heterocycles. The summed E-state index contributed by atoms with van der Waals surface area (Å²) in [6.07, 6.45) is -1.10. The molecule has 1 saturated heterocycles. The molecule has 1 unspecified atom stereocenters. The molecule has 0 radical (unpaired) electrons. The van der Waals surface area contributed by atoms with E-state index in [-0.39, 0.29) is 0 Å². The fourth-order valence-electron chi connectivity index (χ4n) is 2.31. The molecule has 1 heterocycles. The first kappa shape index (κ1) is 11.5. The zero-order chi connectivity index (χ0) is 12.6.